The van der Waals surface area contributed by atoms with Gasteiger partial charge in [-0.05, 0) is 17.7 Å². The number of ketones is 1. The van der Waals surface area contributed by atoms with Crippen molar-refractivity contribution in [2.75, 3.05) is 13.7 Å². The molecule has 3 atom stereocenters. The molecule has 24 heavy (non-hydrogen) atoms. The number of ether oxygens (including phenoxy) is 2. The molecule has 6 heteroatoms. The summed E-state index contributed by atoms with van der Waals surface area (Å²) < 4.78 is 10.3. The van der Waals surface area contributed by atoms with Crippen molar-refractivity contribution < 1.29 is 23.9 Å². The topological polar surface area (TPSA) is 81.7 Å². The number of Topliss-reactive ketones (excluding diaryl/α,β-unsaturated/α-hetero) is 1. The molecule has 6 nitrogen and oxygen atoms in total. The van der Waals surface area contributed by atoms with Gasteiger partial charge in [0.25, 0.3) is 0 Å². The molecular weight excluding hydrogens is 310 g/mol. The highest BCUT2D eigenvalue weighted by molar-refractivity contribution is 5.82. The quantitative estimate of drug-likeness (QED) is 0.831. The zero-order valence-corrected chi connectivity index (χ0v) is 14.2. The van der Waals surface area contributed by atoms with Crippen LogP contribution in [0.5, 0.6) is 5.75 Å². The van der Waals surface area contributed by atoms with E-state index in [-0.39, 0.29) is 36.2 Å². The molecule has 0 spiro atoms. The minimum Gasteiger partial charge on any atom is -0.497 e. The number of amides is 1. The lowest BCUT2D eigenvalue weighted by Crippen LogP contribution is -2.49. The van der Waals surface area contributed by atoms with Crippen LogP contribution >= 0.6 is 0 Å². The first-order valence-electron chi connectivity index (χ1n) is 7.96. The average molecular weight is 333 g/mol. The maximum atomic E-state index is 12.2. The minimum atomic E-state index is -0.393. The second-order valence-electron chi connectivity index (χ2n) is 6.12. The number of methoxy groups -OCH3 is 1. The van der Waals surface area contributed by atoms with Gasteiger partial charge in [0, 0.05) is 44.6 Å². The number of benzene rings is 1. The van der Waals surface area contributed by atoms with Gasteiger partial charge in [-0.25, -0.2) is 0 Å². The summed E-state index contributed by atoms with van der Waals surface area (Å²) in [7, 11) is 1.59. The van der Waals surface area contributed by atoms with Gasteiger partial charge in [-0.15, -0.1) is 0 Å². The average Bonchev–Trinajstić information content (AvgIpc) is 2.54. The molecule has 1 aromatic rings. The highest BCUT2D eigenvalue weighted by atomic mass is 16.5. The van der Waals surface area contributed by atoms with Crippen molar-refractivity contribution >= 4 is 17.7 Å². The Balaban J connectivity index is 2.27. The van der Waals surface area contributed by atoms with Gasteiger partial charge in [0.15, 0.2) is 0 Å². The van der Waals surface area contributed by atoms with Crippen LogP contribution in [-0.4, -0.2) is 37.4 Å². The normalized spacial score (nSPS) is 23.5. The first kappa shape index (κ1) is 18.0. The summed E-state index contributed by atoms with van der Waals surface area (Å²) in [5, 5.41) is 2.94. The van der Waals surface area contributed by atoms with E-state index >= 15 is 0 Å². The van der Waals surface area contributed by atoms with E-state index in [1.807, 2.05) is 24.3 Å². The van der Waals surface area contributed by atoms with Gasteiger partial charge >= 0.3 is 5.97 Å². The van der Waals surface area contributed by atoms with Crippen molar-refractivity contribution in [3.8, 4) is 5.75 Å². The number of esters is 1. The zero-order chi connectivity index (χ0) is 17.7. The second kappa shape index (κ2) is 7.95. The summed E-state index contributed by atoms with van der Waals surface area (Å²) in [4.78, 5) is 34.9. The molecule has 1 aliphatic carbocycles. The molecule has 1 aliphatic rings. The number of hydrogen-bond donors (Lipinski definition) is 1. The van der Waals surface area contributed by atoms with Crippen LogP contribution < -0.4 is 10.1 Å². The molecule has 0 unspecified atom stereocenters. The lowest BCUT2D eigenvalue weighted by atomic mass is 9.73. The van der Waals surface area contributed by atoms with Gasteiger partial charge in [-0.1, -0.05) is 12.1 Å². The third-order valence-corrected chi connectivity index (χ3v) is 4.29. The van der Waals surface area contributed by atoms with Crippen LogP contribution in [-0.2, 0) is 19.1 Å². The Morgan fingerprint density at radius 2 is 1.83 bits per heavy atom. The largest absolute Gasteiger partial charge is 0.497 e. The van der Waals surface area contributed by atoms with Gasteiger partial charge in [-0.3, -0.25) is 14.4 Å². The maximum Gasteiger partial charge on any atom is 0.302 e. The Bertz CT molecular complexity index is 610. The number of carbonyl (C=O) groups excluding carboxylic acids is 3. The molecule has 0 radical (unpaired) electrons. The molecule has 0 aliphatic heterocycles. The third-order valence-electron chi connectivity index (χ3n) is 4.29. The van der Waals surface area contributed by atoms with Crippen molar-refractivity contribution in [2.45, 2.75) is 38.6 Å². The van der Waals surface area contributed by atoms with Crippen LogP contribution in [0.3, 0.4) is 0 Å². The maximum absolute atomic E-state index is 12.2. The molecular formula is C18H23NO5. The van der Waals surface area contributed by atoms with Crippen LogP contribution in [0.2, 0.25) is 0 Å². The Hall–Kier alpha value is -2.37. The van der Waals surface area contributed by atoms with Gasteiger partial charge in [0.1, 0.15) is 11.5 Å². The minimum absolute atomic E-state index is 0.106. The predicted octanol–water partition coefficient (Wildman–Crippen LogP) is 1.83. The Morgan fingerprint density at radius 1 is 1.17 bits per heavy atom. The first-order chi connectivity index (χ1) is 11.4. The molecule has 0 aromatic heterocycles. The summed E-state index contributed by atoms with van der Waals surface area (Å²) in [5.74, 6) is -0.105. The van der Waals surface area contributed by atoms with E-state index in [9.17, 15) is 14.4 Å². The van der Waals surface area contributed by atoms with Crippen molar-refractivity contribution in [1.82, 2.24) is 5.32 Å². The van der Waals surface area contributed by atoms with Crippen molar-refractivity contribution in [3.05, 3.63) is 29.8 Å². The molecule has 1 saturated carbocycles. The Morgan fingerprint density at radius 3 is 2.38 bits per heavy atom. The van der Waals surface area contributed by atoms with E-state index in [1.165, 1.54) is 13.8 Å². The van der Waals surface area contributed by atoms with Gasteiger partial charge in [-0.2, -0.15) is 0 Å². The van der Waals surface area contributed by atoms with Crippen molar-refractivity contribution in [1.29, 1.82) is 0 Å². The lowest BCUT2D eigenvalue weighted by Gasteiger charge is -2.37. The van der Waals surface area contributed by atoms with E-state index in [2.05, 4.69) is 5.32 Å². The number of nitrogens with one attached hydrogen (secondary N) is 1. The fourth-order valence-electron chi connectivity index (χ4n) is 3.22. The summed E-state index contributed by atoms with van der Waals surface area (Å²) >= 11 is 0. The third kappa shape index (κ3) is 4.57. The van der Waals surface area contributed by atoms with Crippen molar-refractivity contribution in [3.63, 3.8) is 0 Å². The SMILES string of the molecule is COc1ccc([C@@H]2CC(=O)C[C@@H](COC(C)=O)[C@H]2NC(C)=O)cc1. The smallest absolute Gasteiger partial charge is 0.302 e. The fourth-order valence-corrected chi connectivity index (χ4v) is 3.22. The summed E-state index contributed by atoms with van der Waals surface area (Å²) in [6.07, 6.45) is 0.652. The summed E-state index contributed by atoms with van der Waals surface area (Å²) in [5.41, 5.74) is 0.954. The summed E-state index contributed by atoms with van der Waals surface area (Å²) in [6.45, 7) is 2.90. The van der Waals surface area contributed by atoms with Gasteiger partial charge in [0.05, 0.1) is 13.7 Å². The van der Waals surface area contributed by atoms with Crippen LogP contribution in [0.25, 0.3) is 0 Å². The van der Waals surface area contributed by atoms with Crippen LogP contribution in [0.1, 0.15) is 38.2 Å². The first-order valence-corrected chi connectivity index (χ1v) is 7.96. The van der Waals surface area contributed by atoms with E-state index in [4.69, 9.17) is 9.47 Å². The predicted molar refractivity (Wildman–Crippen MR) is 87.7 cm³/mol. The number of hydrogen-bond acceptors (Lipinski definition) is 5. The van der Waals surface area contributed by atoms with Crippen LogP contribution in [0.4, 0.5) is 0 Å². The monoisotopic (exact) mass is 333 g/mol. The van der Waals surface area contributed by atoms with Gasteiger partial charge in [0.2, 0.25) is 5.91 Å². The molecule has 2 rings (SSSR count). The standard InChI is InChI=1S/C18H23NO5/c1-11(20)19-18-14(10-24-12(2)21)8-15(22)9-17(18)13-4-6-16(23-3)7-5-13/h4-7,14,17-18H,8-10H2,1-3H3,(H,19,20)/t14-,17-,18+/m0/s1. The summed E-state index contributed by atoms with van der Waals surface area (Å²) in [6, 6.07) is 7.22. The lowest BCUT2D eigenvalue weighted by molar-refractivity contribution is -0.144. The van der Waals surface area contributed by atoms with E-state index in [1.54, 1.807) is 7.11 Å². The Labute approximate surface area is 141 Å². The number of carbonyl (C=O) groups is 3. The Kier molecular flexibility index (Phi) is 5.95. The van der Waals surface area contributed by atoms with Gasteiger partial charge < -0.3 is 14.8 Å². The fraction of sp³-hybridized carbons (Fsp3) is 0.500. The highest BCUT2D eigenvalue weighted by Crippen LogP contribution is 2.36. The molecule has 1 amide bonds. The number of rotatable bonds is 5. The molecule has 1 N–H and O–H groups in total. The van der Waals surface area contributed by atoms with E-state index in [0.29, 0.717) is 12.8 Å². The molecule has 130 valence electrons. The van der Waals surface area contributed by atoms with E-state index < -0.39 is 5.97 Å². The molecule has 0 bridgehead atoms. The second-order valence-corrected chi connectivity index (χ2v) is 6.12. The molecule has 0 heterocycles. The molecule has 1 aromatic carbocycles. The van der Waals surface area contributed by atoms with Crippen LogP contribution in [0, 0.1) is 5.92 Å². The van der Waals surface area contributed by atoms with Crippen molar-refractivity contribution in [2.24, 2.45) is 5.92 Å². The van der Waals surface area contributed by atoms with E-state index in [0.717, 1.165) is 11.3 Å². The molecule has 1 fully saturated rings. The van der Waals surface area contributed by atoms with Crippen LogP contribution in [0.15, 0.2) is 24.3 Å². The molecule has 0 saturated heterocycles. The highest BCUT2D eigenvalue weighted by Gasteiger charge is 2.39. The zero-order valence-electron chi connectivity index (χ0n) is 14.2.